The van der Waals surface area contributed by atoms with Crippen molar-refractivity contribution in [3.05, 3.63) is 49.8 Å². The van der Waals surface area contributed by atoms with Gasteiger partial charge in [0.2, 0.25) is 0 Å². The van der Waals surface area contributed by atoms with Crippen LogP contribution >= 0.6 is 12.2 Å². The average molecular weight is 246 g/mol. The van der Waals surface area contributed by atoms with Gasteiger partial charge < -0.3 is 0 Å². The monoisotopic (exact) mass is 246 g/mol. The van der Waals surface area contributed by atoms with Crippen molar-refractivity contribution < 1.29 is 0 Å². The number of aromatic amines is 2. The van der Waals surface area contributed by atoms with Gasteiger partial charge in [0.05, 0.1) is 0 Å². The smallest absolute Gasteiger partial charge is 0.278 e. The van der Waals surface area contributed by atoms with E-state index < -0.39 is 5.56 Å². The van der Waals surface area contributed by atoms with E-state index >= 15 is 0 Å². The Morgan fingerprint density at radius 1 is 1.41 bits per heavy atom. The number of azide groups is 1. The molecule has 0 spiro atoms. The van der Waals surface area contributed by atoms with Gasteiger partial charge in [0, 0.05) is 16.2 Å². The quantitative estimate of drug-likeness (QED) is 0.367. The van der Waals surface area contributed by atoms with E-state index in [9.17, 15) is 4.79 Å². The first-order valence-corrected chi connectivity index (χ1v) is 4.96. The molecule has 84 valence electrons. The molecular formula is C9H6N6OS. The van der Waals surface area contributed by atoms with Crippen LogP contribution in [0.1, 0.15) is 0 Å². The summed E-state index contributed by atoms with van der Waals surface area (Å²) >= 11 is 4.74. The fourth-order valence-electron chi connectivity index (χ4n) is 1.34. The summed E-state index contributed by atoms with van der Waals surface area (Å²) in [7, 11) is 0. The molecule has 1 heterocycles. The molecule has 2 aromatic rings. The van der Waals surface area contributed by atoms with Gasteiger partial charge >= 0.3 is 0 Å². The second-order valence-electron chi connectivity index (χ2n) is 3.06. The number of benzene rings is 1. The predicted octanol–water partition coefficient (Wildman–Crippen LogP) is 2.44. The maximum absolute atomic E-state index is 11.7. The van der Waals surface area contributed by atoms with Gasteiger partial charge in [0.15, 0.2) is 10.5 Å². The number of rotatable bonds is 2. The zero-order chi connectivity index (χ0) is 12.3. The Hall–Kier alpha value is -2.44. The number of hydrogen-bond acceptors (Lipinski definition) is 4. The van der Waals surface area contributed by atoms with Crippen LogP contribution in [0, 0.1) is 4.77 Å². The number of nitrogens with one attached hydrogen (secondary N) is 2. The van der Waals surface area contributed by atoms with Crippen molar-refractivity contribution in [3.8, 4) is 11.3 Å². The molecule has 0 saturated carbocycles. The summed E-state index contributed by atoms with van der Waals surface area (Å²) in [5.41, 5.74) is 8.90. The van der Waals surface area contributed by atoms with E-state index in [0.717, 1.165) is 0 Å². The molecule has 0 bridgehead atoms. The Bertz CT molecular complexity index is 712. The second-order valence-corrected chi connectivity index (χ2v) is 3.47. The van der Waals surface area contributed by atoms with Gasteiger partial charge in [-0.3, -0.25) is 14.9 Å². The topological polar surface area (TPSA) is 110 Å². The van der Waals surface area contributed by atoms with Gasteiger partial charge in [-0.2, -0.15) is 5.10 Å². The lowest BCUT2D eigenvalue weighted by atomic mass is 10.1. The normalized spacial score (nSPS) is 9.65. The van der Waals surface area contributed by atoms with Crippen molar-refractivity contribution in [2.45, 2.75) is 0 Å². The molecule has 8 heteroatoms. The van der Waals surface area contributed by atoms with Gasteiger partial charge in [0.25, 0.3) is 5.56 Å². The van der Waals surface area contributed by atoms with Crippen LogP contribution in [0.25, 0.3) is 21.7 Å². The Labute approximate surface area is 99.8 Å². The third kappa shape index (κ3) is 2.22. The van der Waals surface area contributed by atoms with Crippen molar-refractivity contribution in [2.75, 3.05) is 0 Å². The van der Waals surface area contributed by atoms with Gasteiger partial charge in [-0.25, -0.2) is 0 Å². The SMILES string of the molecule is [N-]=[N+]=Nc1ccccc1-c1n[nH]c(=S)[nH]c1=O. The lowest BCUT2D eigenvalue weighted by molar-refractivity contribution is 0.931. The van der Waals surface area contributed by atoms with Crippen LogP contribution in [0.2, 0.25) is 0 Å². The molecule has 1 aromatic heterocycles. The van der Waals surface area contributed by atoms with E-state index in [1.165, 1.54) is 0 Å². The summed E-state index contributed by atoms with van der Waals surface area (Å²) in [5, 5.41) is 9.81. The third-order valence-corrected chi connectivity index (χ3v) is 2.22. The maximum Gasteiger partial charge on any atom is 0.278 e. The highest BCUT2D eigenvalue weighted by molar-refractivity contribution is 7.71. The minimum absolute atomic E-state index is 0.126. The Balaban J connectivity index is 2.72. The molecule has 0 aliphatic rings. The number of hydrogen-bond donors (Lipinski definition) is 2. The first kappa shape index (κ1) is 11.1. The summed E-state index contributed by atoms with van der Waals surface area (Å²) in [4.78, 5) is 16.8. The minimum atomic E-state index is -0.436. The van der Waals surface area contributed by atoms with Gasteiger partial charge in [-0.1, -0.05) is 29.4 Å². The largest absolute Gasteiger partial charge is 0.296 e. The van der Waals surface area contributed by atoms with E-state index in [4.69, 9.17) is 17.7 Å². The van der Waals surface area contributed by atoms with Gasteiger partial charge in [-0.05, 0) is 17.7 Å². The molecule has 0 fully saturated rings. The van der Waals surface area contributed by atoms with Crippen LogP contribution in [0.5, 0.6) is 0 Å². The third-order valence-electron chi connectivity index (χ3n) is 2.02. The Morgan fingerprint density at radius 3 is 2.88 bits per heavy atom. The van der Waals surface area contributed by atoms with E-state index in [2.05, 4.69) is 25.2 Å². The fourth-order valence-corrected chi connectivity index (χ4v) is 1.48. The molecule has 0 atom stereocenters. The predicted molar refractivity (Wildman–Crippen MR) is 64.3 cm³/mol. The molecule has 7 nitrogen and oxygen atoms in total. The number of nitrogens with zero attached hydrogens (tertiary/aromatic N) is 4. The van der Waals surface area contributed by atoms with Crippen molar-refractivity contribution in [1.29, 1.82) is 0 Å². The number of H-pyrrole nitrogens is 2. The first-order chi connectivity index (χ1) is 8.22. The molecule has 2 N–H and O–H groups in total. The van der Waals surface area contributed by atoms with Gasteiger partial charge in [-0.15, -0.1) is 0 Å². The maximum atomic E-state index is 11.7. The van der Waals surface area contributed by atoms with Crippen LogP contribution in [0.3, 0.4) is 0 Å². The van der Waals surface area contributed by atoms with Crippen LogP contribution in [-0.4, -0.2) is 15.2 Å². The molecular weight excluding hydrogens is 240 g/mol. The van der Waals surface area contributed by atoms with Crippen molar-refractivity contribution in [2.24, 2.45) is 5.11 Å². The van der Waals surface area contributed by atoms with Crippen molar-refractivity contribution in [1.82, 2.24) is 15.2 Å². The zero-order valence-electron chi connectivity index (χ0n) is 8.41. The minimum Gasteiger partial charge on any atom is -0.296 e. The van der Waals surface area contributed by atoms with E-state index in [-0.39, 0.29) is 10.5 Å². The lowest BCUT2D eigenvalue weighted by Gasteiger charge is -2.02. The summed E-state index contributed by atoms with van der Waals surface area (Å²) in [6, 6.07) is 6.65. The van der Waals surface area contributed by atoms with E-state index in [1.54, 1.807) is 24.3 Å². The van der Waals surface area contributed by atoms with Gasteiger partial charge in [0.1, 0.15) is 0 Å². The van der Waals surface area contributed by atoms with Crippen LogP contribution in [0.4, 0.5) is 5.69 Å². The summed E-state index contributed by atoms with van der Waals surface area (Å²) in [6.07, 6.45) is 0. The molecule has 0 amide bonds. The lowest BCUT2D eigenvalue weighted by Crippen LogP contribution is -2.12. The van der Waals surface area contributed by atoms with Crippen molar-refractivity contribution >= 4 is 17.9 Å². The zero-order valence-corrected chi connectivity index (χ0v) is 9.23. The summed E-state index contributed by atoms with van der Waals surface area (Å²) in [5.74, 6) is 0. The van der Waals surface area contributed by atoms with E-state index in [0.29, 0.717) is 11.3 Å². The molecule has 0 radical (unpaired) electrons. The van der Waals surface area contributed by atoms with Crippen molar-refractivity contribution in [3.63, 3.8) is 0 Å². The van der Waals surface area contributed by atoms with Crippen LogP contribution < -0.4 is 5.56 Å². The molecule has 0 saturated heterocycles. The van der Waals surface area contributed by atoms with Crippen LogP contribution in [-0.2, 0) is 0 Å². The molecule has 1 aromatic carbocycles. The summed E-state index contributed by atoms with van der Waals surface area (Å²) in [6.45, 7) is 0. The summed E-state index contributed by atoms with van der Waals surface area (Å²) < 4.78 is 0.139. The highest BCUT2D eigenvalue weighted by atomic mass is 32.1. The standard InChI is InChI=1S/C9H6N6OS/c10-15-12-6-4-2-1-3-5(6)7-8(16)11-9(17)14-13-7/h1-4H,(H2,11,14,16,17). The highest BCUT2D eigenvalue weighted by Crippen LogP contribution is 2.25. The Morgan fingerprint density at radius 2 is 2.18 bits per heavy atom. The average Bonchev–Trinajstić information content (AvgIpc) is 2.31. The molecule has 2 rings (SSSR count). The molecule has 17 heavy (non-hydrogen) atoms. The Kier molecular flexibility index (Phi) is 2.99. The van der Waals surface area contributed by atoms with E-state index in [1.807, 2.05) is 0 Å². The molecule has 0 unspecified atom stereocenters. The molecule has 0 aliphatic carbocycles. The highest BCUT2D eigenvalue weighted by Gasteiger charge is 2.08. The second kappa shape index (κ2) is 4.60. The first-order valence-electron chi connectivity index (χ1n) is 4.56. The van der Waals surface area contributed by atoms with Crippen LogP contribution in [0.15, 0.2) is 34.2 Å². The number of aromatic nitrogens is 3. The molecule has 0 aliphatic heterocycles. The fraction of sp³-hybridized carbons (Fsp3) is 0.